The van der Waals surface area contributed by atoms with Crippen molar-refractivity contribution in [2.75, 3.05) is 13.7 Å². The monoisotopic (exact) mass is 346 g/mol. The molecular weight excluding hydrogens is 323 g/mol. The van der Waals surface area contributed by atoms with Gasteiger partial charge in [-0.05, 0) is 44.9 Å². The van der Waals surface area contributed by atoms with E-state index in [1.807, 2.05) is 32.9 Å². The van der Waals surface area contributed by atoms with Crippen LogP contribution in [0.1, 0.15) is 39.5 Å². The summed E-state index contributed by atoms with van der Waals surface area (Å²) in [6.07, 6.45) is 0. The number of benzene rings is 2. The fraction of sp³-hybridized carbons (Fsp3) is 0.316. The predicted octanol–water partition coefficient (Wildman–Crippen LogP) is 4.34. The maximum Gasteiger partial charge on any atom is 0.361 e. The van der Waals surface area contributed by atoms with Crippen LogP contribution in [0.15, 0.2) is 36.4 Å². The standard InChI is InChI=1S/C19H23O4P/c1-6-23-24(21,22-5)17-10-8-7-9-16(17)19(20)18-14(3)11-13(2)12-15(18)4/h7-12H,6H2,1-5H3. The molecule has 0 aliphatic rings. The molecule has 0 bridgehead atoms. The minimum atomic E-state index is -3.53. The van der Waals surface area contributed by atoms with Crippen LogP contribution < -0.4 is 5.30 Å². The number of carbonyl (C=O) groups excluding carboxylic acids is 1. The van der Waals surface area contributed by atoms with Gasteiger partial charge in [-0.2, -0.15) is 0 Å². The molecule has 0 aliphatic carbocycles. The van der Waals surface area contributed by atoms with Gasteiger partial charge in [-0.3, -0.25) is 9.36 Å². The first-order valence-corrected chi connectivity index (χ1v) is 9.40. The third-order valence-electron chi connectivity index (χ3n) is 3.89. The Morgan fingerprint density at radius 2 is 1.67 bits per heavy atom. The Kier molecular flexibility index (Phi) is 5.76. The van der Waals surface area contributed by atoms with Crippen molar-refractivity contribution in [3.05, 3.63) is 64.2 Å². The SMILES string of the molecule is CCOP(=O)(OC)c1ccccc1C(=O)c1c(C)cc(C)cc1C. The highest BCUT2D eigenvalue weighted by molar-refractivity contribution is 7.62. The Morgan fingerprint density at radius 3 is 2.21 bits per heavy atom. The van der Waals surface area contributed by atoms with Gasteiger partial charge >= 0.3 is 7.60 Å². The predicted molar refractivity (Wildman–Crippen MR) is 96.4 cm³/mol. The Balaban J connectivity index is 2.63. The maximum atomic E-state index is 13.2. The number of aryl methyl sites for hydroxylation is 3. The van der Waals surface area contributed by atoms with Gasteiger partial charge in [0.1, 0.15) is 0 Å². The maximum absolute atomic E-state index is 13.2. The molecule has 0 radical (unpaired) electrons. The normalized spacial score (nSPS) is 13.5. The van der Waals surface area contributed by atoms with Crippen molar-refractivity contribution >= 4 is 18.7 Å². The molecule has 1 unspecified atom stereocenters. The van der Waals surface area contributed by atoms with Gasteiger partial charge in [-0.1, -0.05) is 35.9 Å². The summed E-state index contributed by atoms with van der Waals surface area (Å²) in [5, 5.41) is 0.304. The molecule has 0 aromatic heterocycles. The van der Waals surface area contributed by atoms with Crippen molar-refractivity contribution in [1.29, 1.82) is 0 Å². The molecule has 5 heteroatoms. The molecule has 0 saturated heterocycles. The molecule has 24 heavy (non-hydrogen) atoms. The van der Waals surface area contributed by atoms with Crippen molar-refractivity contribution < 1.29 is 18.4 Å². The van der Waals surface area contributed by atoms with Crippen LogP contribution in [0.3, 0.4) is 0 Å². The second kappa shape index (κ2) is 7.43. The number of hydrogen-bond acceptors (Lipinski definition) is 4. The first-order chi connectivity index (χ1) is 11.3. The summed E-state index contributed by atoms with van der Waals surface area (Å²) in [5.74, 6) is -0.169. The molecule has 0 heterocycles. The molecule has 4 nitrogen and oxygen atoms in total. The molecular formula is C19H23O4P. The van der Waals surface area contributed by atoms with E-state index in [0.717, 1.165) is 16.7 Å². The van der Waals surface area contributed by atoms with E-state index in [2.05, 4.69) is 0 Å². The molecule has 0 spiro atoms. The average Bonchev–Trinajstić information content (AvgIpc) is 2.54. The minimum absolute atomic E-state index is 0.169. The first kappa shape index (κ1) is 18.6. The highest BCUT2D eigenvalue weighted by Gasteiger charge is 2.31. The molecule has 0 saturated carbocycles. The first-order valence-electron chi connectivity index (χ1n) is 7.86. The van der Waals surface area contributed by atoms with Gasteiger partial charge in [0, 0.05) is 18.2 Å². The van der Waals surface area contributed by atoms with Gasteiger partial charge in [-0.25, -0.2) is 0 Å². The Morgan fingerprint density at radius 1 is 1.08 bits per heavy atom. The lowest BCUT2D eigenvalue weighted by Gasteiger charge is -2.19. The summed E-state index contributed by atoms with van der Waals surface area (Å²) in [6.45, 7) is 7.79. The van der Waals surface area contributed by atoms with Crippen LogP contribution in [0, 0.1) is 20.8 Å². The van der Waals surface area contributed by atoms with E-state index in [-0.39, 0.29) is 12.4 Å². The third-order valence-corrected chi connectivity index (χ3v) is 5.95. The fourth-order valence-corrected chi connectivity index (χ4v) is 4.49. The van der Waals surface area contributed by atoms with Crippen LogP contribution in [0.25, 0.3) is 0 Å². The van der Waals surface area contributed by atoms with Gasteiger partial charge < -0.3 is 9.05 Å². The van der Waals surface area contributed by atoms with Gasteiger partial charge in [-0.15, -0.1) is 0 Å². The van der Waals surface area contributed by atoms with Crippen LogP contribution in [0.5, 0.6) is 0 Å². The van der Waals surface area contributed by atoms with Crippen LogP contribution >= 0.6 is 7.60 Å². The molecule has 0 aliphatic heterocycles. The van der Waals surface area contributed by atoms with Crippen molar-refractivity contribution in [1.82, 2.24) is 0 Å². The van der Waals surface area contributed by atoms with E-state index < -0.39 is 7.60 Å². The molecule has 0 N–H and O–H groups in total. The van der Waals surface area contributed by atoms with Gasteiger partial charge in [0.2, 0.25) is 0 Å². The molecule has 0 amide bonds. The summed E-state index contributed by atoms with van der Waals surface area (Å²) in [4.78, 5) is 13.2. The van der Waals surface area contributed by atoms with Crippen LogP contribution in [-0.4, -0.2) is 19.5 Å². The van der Waals surface area contributed by atoms with E-state index in [9.17, 15) is 9.36 Å². The molecule has 2 aromatic carbocycles. The molecule has 2 aromatic rings. The lowest BCUT2D eigenvalue weighted by molar-refractivity contribution is 0.103. The largest absolute Gasteiger partial charge is 0.361 e. The number of carbonyl (C=O) groups is 1. The summed E-state index contributed by atoms with van der Waals surface area (Å²) < 4.78 is 23.5. The zero-order chi connectivity index (χ0) is 17.9. The second-order valence-corrected chi connectivity index (χ2v) is 7.82. The van der Waals surface area contributed by atoms with Crippen molar-refractivity contribution in [3.63, 3.8) is 0 Å². The molecule has 2 rings (SSSR count). The number of hydrogen-bond donors (Lipinski definition) is 0. The second-order valence-electron chi connectivity index (χ2n) is 5.72. The highest BCUT2D eigenvalue weighted by atomic mass is 31.2. The lowest BCUT2D eigenvalue weighted by atomic mass is 9.93. The van der Waals surface area contributed by atoms with Crippen molar-refractivity contribution in [2.24, 2.45) is 0 Å². The average molecular weight is 346 g/mol. The van der Waals surface area contributed by atoms with Gasteiger partial charge in [0.15, 0.2) is 5.78 Å². The van der Waals surface area contributed by atoms with E-state index in [1.165, 1.54) is 7.11 Å². The quantitative estimate of drug-likeness (QED) is 0.577. The van der Waals surface area contributed by atoms with Crippen molar-refractivity contribution in [2.45, 2.75) is 27.7 Å². The van der Waals surface area contributed by atoms with Crippen LogP contribution in [0.4, 0.5) is 0 Å². The summed E-state index contributed by atoms with van der Waals surface area (Å²) in [6, 6.07) is 10.7. The number of rotatable bonds is 6. The zero-order valence-corrected chi connectivity index (χ0v) is 15.6. The summed E-state index contributed by atoms with van der Waals surface area (Å²) in [5.41, 5.74) is 3.89. The fourth-order valence-electron chi connectivity index (χ4n) is 2.97. The lowest BCUT2D eigenvalue weighted by Crippen LogP contribution is -2.20. The van der Waals surface area contributed by atoms with Crippen LogP contribution in [0.2, 0.25) is 0 Å². The molecule has 1 atom stereocenters. The number of ketones is 1. The van der Waals surface area contributed by atoms with Crippen LogP contribution in [-0.2, 0) is 13.6 Å². The minimum Gasteiger partial charge on any atom is -0.309 e. The van der Waals surface area contributed by atoms with E-state index >= 15 is 0 Å². The van der Waals surface area contributed by atoms with E-state index in [1.54, 1.807) is 31.2 Å². The van der Waals surface area contributed by atoms with Gasteiger partial charge in [0.05, 0.1) is 11.9 Å². The van der Waals surface area contributed by atoms with Gasteiger partial charge in [0.25, 0.3) is 0 Å². The Bertz CT molecular complexity index is 788. The summed E-state index contributed by atoms with van der Waals surface area (Å²) in [7, 11) is -2.19. The smallest absolute Gasteiger partial charge is 0.309 e. The van der Waals surface area contributed by atoms with E-state index in [0.29, 0.717) is 16.4 Å². The van der Waals surface area contributed by atoms with E-state index in [4.69, 9.17) is 9.05 Å². The topological polar surface area (TPSA) is 52.6 Å². The van der Waals surface area contributed by atoms with Crippen molar-refractivity contribution in [3.8, 4) is 0 Å². The summed E-state index contributed by atoms with van der Waals surface area (Å²) >= 11 is 0. The Hall–Kier alpha value is -1.74. The molecule has 0 fully saturated rings. The third kappa shape index (κ3) is 3.51. The Labute approximate surface area is 143 Å². The highest BCUT2D eigenvalue weighted by Crippen LogP contribution is 2.47. The molecule has 128 valence electrons. The zero-order valence-electron chi connectivity index (χ0n) is 14.8.